The van der Waals surface area contributed by atoms with Gasteiger partial charge in [0.05, 0.1) is 11.5 Å². The molecule has 19 heavy (non-hydrogen) atoms. The molecule has 3 nitrogen and oxygen atoms in total. The summed E-state index contributed by atoms with van der Waals surface area (Å²) in [5.41, 5.74) is 0.526. The molecule has 1 saturated heterocycles. The maximum absolute atomic E-state index is 13.1. The number of sulfone groups is 1. The molecule has 0 spiro atoms. The highest BCUT2D eigenvalue weighted by Crippen LogP contribution is 2.20. The molecule has 1 aliphatic rings. The molecule has 1 aromatic carbocycles. The minimum Gasteiger partial charge on any atom is -0.310 e. The van der Waals surface area contributed by atoms with Gasteiger partial charge in [0.2, 0.25) is 0 Å². The van der Waals surface area contributed by atoms with Crippen molar-refractivity contribution in [3.63, 3.8) is 0 Å². The Labute approximate surface area is 111 Å². The molecule has 1 fully saturated rings. The van der Waals surface area contributed by atoms with Gasteiger partial charge < -0.3 is 5.32 Å². The van der Waals surface area contributed by atoms with Crippen molar-refractivity contribution in [2.24, 2.45) is 5.92 Å². The Balaban J connectivity index is 1.93. The summed E-state index contributed by atoms with van der Waals surface area (Å²) >= 11 is 0. The van der Waals surface area contributed by atoms with E-state index in [9.17, 15) is 17.2 Å². The molecule has 2 atom stereocenters. The van der Waals surface area contributed by atoms with Crippen molar-refractivity contribution < 1.29 is 17.2 Å². The molecule has 0 aliphatic carbocycles. The third-order valence-electron chi connectivity index (χ3n) is 3.42. The lowest BCUT2D eigenvalue weighted by atomic mass is 10.1. The molecule has 1 heterocycles. The Hall–Kier alpha value is -1.01. The Bertz CT molecular complexity index is 540. The van der Waals surface area contributed by atoms with Crippen LogP contribution in [0.25, 0.3) is 0 Å². The van der Waals surface area contributed by atoms with Crippen LogP contribution in [0.4, 0.5) is 8.78 Å². The summed E-state index contributed by atoms with van der Waals surface area (Å²) in [5, 5.41) is 3.14. The van der Waals surface area contributed by atoms with Gasteiger partial charge in [0.1, 0.15) is 11.6 Å². The van der Waals surface area contributed by atoms with Crippen LogP contribution in [0.5, 0.6) is 0 Å². The van der Waals surface area contributed by atoms with Crippen LogP contribution >= 0.6 is 0 Å². The van der Waals surface area contributed by atoms with Gasteiger partial charge in [-0.15, -0.1) is 0 Å². The minimum absolute atomic E-state index is 0.0888. The SMILES string of the molecule is CC(NCC1CCS(=O)(=O)C1)c1cc(F)cc(F)c1. The molecule has 2 unspecified atom stereocenters. The van der Waals surface area contributed by atoms with E-state index in [0.29, 0.717) is 18.5 Å². The van der Waals surface area contributed by atoms with Crippen molar-refractivity contribution in [2.45, 2.75) is 19.4 Å². The lowest BCUT2D eigenvalue weighted by Gasteiger charge is -2.17. The maximum atomic E-state index is 13.1. The highest BCUT2D eigenvalue weighted by molar-refractivity contribution is 7.91. The van der Waals surface area contributed by atoms with Crippen LogP contribution in [-0.2, 0) is 9.84 Å². The monoisotopic (exact) mass is 289 g/mol. The standard InChI is InChI=1S/C13H17F2NO2S/c1-9(11-4-12(14)6-13(15)5-11)16-7-10-2-3-19(17,18)8-10/h4-6,9-10,16H,2-3,7-8H2,1H3. The molecule has 0 radical (unpaired) electrons. The topological polar surface area (TPSA) is 46.2 Å². The van der Waals surface area contributed by atoms with Crippen molar-refractivity contribution in [1.82, 2.24) is 5.32 Å². The van der Waals surface area contributed by atoms with E-state index in [-0.39, 0.29) is 23.5 Å². The van der Waals surface area contributed by atoms with E-state index < -0.39 is 21.5 Å². The van der Waals surface area contributed by atoms with Gasteiger partial charge >= 0.3 is 0 Å². The van der Waals surface area contributed by atoms with Crippen LogP contribution in [0.1, 0.15) is 24.9 Å². The van der Waals surface area contributed by atoms with Crippen molar-refractivity contribution in [3.05, 3.63) is 35.4 Å². The van der Waals surface area contributed by atoms with E-state index in [1.54, 1.807) is 6.92 Å². The molecule has 0 aromatic heterocycles. The summed E-state index contributed by atoms with van der Waals surface area (Å²) in [7, 11) is -2.88. The van der Waals surface area contributed by atoms with Crippen LogP contribution in [-0.4, -0.2) is 26.5 Å². The highest BCUT2D eigenvalue weighted by Gasteiger charge is 2.27. The first kappa shape index (κ1) is 14.4. The van der Waals surface area contributed by atoms with Gasteiger partial charge in [0.25, 0.3) is 0 Å². The van der Waals surface area contributed by atoms with E-state index in [2.05, 4.69) is 5.32 Å². The second-order valence-electron chi connectivity index (χ2n) is 5.10. The molecule has 1 N–H and O–H groups in total. The Morgan fingerprint density at radius 3 is 2.47 bits per heavy atom. The summed E-state index contributed by atoms with van der Waals surface area (Å²) in [5.74, 6) is -0.683. The molecule has 0 amide bonds. The molecule has 2 rings (SSSR count). The zero-order valence-electron chi connectivity index (χ0n) is 10.7. The van der Waals surface area contributed by atoms with E-state index in [0.717, 1.165) is 6.07 Å². The third kappa shape index (κ3) is 3.98. The first-order valence-electron chi connectivity index (χ1n) is 6.25. The second kappa shape index (κ2) is 5.54. The Morgan fingerprint density at radius 1 is 1.32 bits per heavy atom. The summed E-state index contributed by atoms with van der Waals surface area (Å²) in [4.78, 5) is 0. The van der Waals surface area contributed by atoms with Gasteiger partial charge in [-0.05, 0) is 43.5 Å². The van der Waals surface area contributed by atoms with E-state index in [1.165, 1.54) is 12.1 Å². The molecule has 6 heteroatoms. The van der Waals surface area contributed by atoms with Gasteiger partial charge in [0.15, 0.2) is 9.84 Å². The quantitative estimate of drug-likeness (QED) is 0.923. The van der Waals surface area contributed by atoms with Gasteiger partial charge in [-0.1, -0.05) is 0 Å². The number of nitrogens with one attached hydrogen (secondary N) is 1. The van der Waals surface area contributed by atoms with Crippen LogP contribution in [0.3, 0.4) is 0 Å². The fourth-order valence-corrected chi connectivity index (χ4v) is 4.18. The molecule has 106 valence electrons. The first-order valence-corrected chi connectivity index (χ1v) is 8.08. The zero-order chi connectivity index (χ0) is 14.0. The van der Waals surface area contributed by atoms with Gasteiger partial charge in [-0.3, -0.25) is 0 Å². The fourth-order valence-electron chi connectivity index (χ4n) is 2.32. The predicted octanol–water partition coefficient (Wildman–Crippen LogP) is 2.05. The normalized spacial score (nSPS) is 23.4. The third-order valence-corrected chi connectivity index (χ3v) is 5.26. The number of rotatable bonds is 4. The second-order valence-corrected chi connectivity index (χ2v) is 7.33. The van der Waals surface area contributed by atoms with Crippen molar-refractivity contribution in [3.8, 4) is 0 Å². The van der Waals surface area contributed by atoms with Crippen molar-refractivity contribution >= 4 is 9.84 Å². The van der Waals surface area contributed by atoms with Crippen LogP contribution < -0.4 is 5.32 Å². The smallest absolute Gasteiger partial charge is 0.150 e. The fraction of sp³-hybridized carbons (Fsp3) is 0.538. The Kier molecular flexibility index (Phi) is 4.20. The summed E-state index contributed by atoms with van der Waals surface area (Å²) in [6, 6.07) is 3.19. The minimum atomic E-state index is -2.88. The average molecular weight is 289 g/mol. The predicted molar refractivity (Wildman–Crippen MR) is 69.5 cm³/mol. The summed E-state index contributed by atoms with van der Waals surface area (Å²) < 4.78 is 48.8. The molecule has 1 aliphatic heterocycles. The van der Waals surface area contributed by atoms with Gasteiger partial charge in [0, 0.05) is 12.1 Å². The van der Waals surface area contributed by atoms with E-state index in [4.69, 9.17) is 0 Å². The van der Waals surface area contributed by atoms with E-state index in [1.807, 2.05) is 0 Å². The molecule has 0 saturated carbocycles. The lowest BCUT2D eigenvalue weighted by Crippen LogP contribution is -2.26. The number of benzene rings is 1. The summed E-state index contributed by atoms with van der Waals surface area (Å²) in [6.07, 6.45) is 0.652. The maximum Gasteiger partial charge on any atom is 0.150 e. The molecule has 0 bridgehead atoms. The van der Waals surface area contributed by atoms with Crippen LogP contribution in [0.2, 0.25) is 0 Å². The molecular weight excluding hydrogens is 272 g/mol. The van der Waals surface area contributed by atoms with Crippen molar-refractivity contribution in [2.75, 3.05) is 18.1 Å². The first-order chi connectivity index (χ1) is 8.85. The highest BCUT2D eigenvalue weighted by atomic mass is 32.2. The van der Waals surface area contributed by atoms with Crippen molar-refractivity contribution in [1.29, 1.82) is 0 Å². The number of halogens is 2. The summed E-state index contributed by atoms with van der Waals surface area (Å²) in [6.45, 7) is 2.34. The van der Waals surface area contributed by atoms with E-state index >= 15 is 0 Å². The molecule has 1 aromatic rings. The average Bonchev–Trinajstić information content (AvgIpc) is 2.64. The number of hydrogen-bond donors (Lipinski definition) is 1. The Morgan fingerprint density at radius 2 is 1.95 bits per heavy atom. The largest absolute Gasteiger partial charge is 0.310 e. The van der Waals surface area contributed by atoms with Crippen LogP contribution in [0.15, 0.2) is 18.2 Å². The number of hydrogen-bond acceptors (Lipinski definition) is 3. The van der Waals surface area contributed by atoms with Gasteiger partial charge in [-0.25, -0.2) is 17.2 Å². The lowest BCUT2D eigenvalue weighted by molar-refractivity contribution is 0.472. The van der Waals surface area contributed by atoms with Gasteiger partial charge in [-0.2, -0.15) is 0 Å². The zero-order valence-corrected chi connectivity index (χ0v) is 11.5. The molecular formula is C13H17F2NO2S. The van der Waals surface area contributed by atoms with Crippen LogP contribution in [0, 0.1) is 17.6 Å².